The van der Waals surface area contributed by atoms with Gasteiger partial charge in [-0.15, -0.1) is 0 Å². The Balaban J connectivity index is 1.14. The Morgan fingerprint density at radius 3 is 0.910 bits per heavy atom. The lowest BCUT2D eigenvalue weighted by Gasteiger charge is -2.47. The van der Waals surface area contributed by atoms with E-state index in [1.165, 1.54) is 0 Å². The maximum atomic E-state index is 11.4. The van der Waals surface area contributed by atoms with Crippen LogP contribution in [0.2, 0.25) is 0 Å². The van der Waals surface area contributed by atoms with E-state index in [0.29, 0.717) is 0 Å². The minimum Gasteiger partial charge on any atom is -0.394 e. The van der Waals surface area contributed by atoms with E-state index < -0.39 is 224 Å². The van der Waals surface area contributed by atoms with E-state index in [1.807, 2.05) is 0 Å². The van der Waals surface area contributed by atoms with Gasteiger partial charge in [0, 0.05) is 0 Å². The Morgan fingerprint density at radius 2 is 0.522 bits per heavy atom. The van der Waals surface area contributed by atoms with Gasteiger partial charge in [-0.05, 0) is 0 Å². The molecular formula is C36H62O31. The van der Waals surface area contributed by atoms with Gasteiger partial charge in [-0.1, -0.05) is 0 Å². The van der Waals surface area contributed by atoms with Gasteiger partial charge in [-0.25, -0.2) is 0 Å². The average Bonchev–Trinajstić information content (AvgIpc) is 3.31. The molecule has 6 heterocycles. The molecule has 0 unspecified atom stereocenters. The number of aliphatic hydroxyl groups excluding tert-OH is 20. The molecule has 20 N–H and O–H groups in total. The van der Waals surface area contributed by atoms with Crippen molar-refractivity contribution in [3.8, 4) is 0 Å². The molecule has 31 heteroatoms. The molecule has 6 aliphatic rings. The minimum absolute atomic E-state index is 0.735. The van der Waals surface area contributed by atoms with Crippen LogP contribution in [0.4, 0.5) is 0 Å². The van der Waals surface area contributed by atoms with Gasteiger partial charge < -0.3 is 154 Å². The molecule has 0 aromatic rings. The van der Waals surface area contributed by atoms with Crippen molar-refractivity contribution >= 4 is 0 Å². The molecule has 30 atom stereocenters. The SMILES string of the molecule is OC[C@H]1O[C@H](OC[C@H]2O[C@H](OC[C@H]3O[C@H](OC[C@H]4O[C@H](OC[C@H]5O[C@H](O)[C@@H](O)[C@@H](O)[C@@H]5O)[C@@H](O)[C@@H](O)[C@@H]4O)[C@@H](O[C@H]4O[C@H](CO)[C@@H](O)[C@H](O)[C@@H]4O)[C@@H](O)[C@@H]3O)[C@@H](O)[C@@H](O)[C@@H]2O)[C@@H](O)[C@@H](O)[C@@H]1O. The highest BCUT2D eigenvalue weighted by atomic mass is 16.8. The number of aliphatic hydroxyl groups is 20. The summed E-state index contributed by atoms with van der Waals surface area (Å²) in [6.07, 6.45) is -55.8. The van der Waals surface area contributed by atoms with Gasteiger partial charge >= 0.3 is 0 Å². The molecule has 0 aromatic carbocycles. The minimum atomic E-state index is -2.14. The van der Waals surface area contributed by atoms with E-state index in [0.717, 1.165) is 0 Å². The molecule has 0 spiro atoms. The molecule has 6 saturated heterocycles. The molecule has 0 saturated carbocycles. The topological polar surface area (TPSA) is 506 Å². The summed E-state index contributed by atoms with van der Waals surface area (Å²) in [5, 5.41) is 208. The monoisotopic (exact) mass is 990 g/mol. The highest BCUT2D eigenvalue weighted by Gasteiger charge is 2.54. The summed E-state index contributed by atoms with van der Waals surface area (Å²) in [7, 11) is 0. The quantitative estimate of drug-likeness (QED) is 0.0683. The van der Waals surface area contributed by atoms with Crippen molar-refractivity contribution in [1.82, 2.24) is 0 Å². The van der Waals surface area contributed by atoms with Gasteiger partial charge in [0.1, 0.15) is 146 Å². The molecule has 6 rings (SSSR count). The Morgan fingerprint density at radius 1 is 0.254 bits per heavy atom. The van der Waals surface area contributed by atoms with E-state index in [4.69, 9.17) is 52.1 Å². The van der Waals surface area contributed by atoms with Crippen molar-refractivity contribution in [1.29, 1.82) is 0 Å². The van der Waals surface area contributed by atoms with Crippen LogP contribution in [-0.4, -0.2) is 326 Å². The molecule has 0 aliphatic carbocycles. The predicted octanol–water partition coefficient (Wildman–Crippen LogP) is -14.1. The van der Waals surface area contributed by atoms with Crippen LogP contribution in [0.15, 0.2) is 0 Å². The Kier molecular flexibility index (Phi) is 19.4. The molecule has 0 radical (unpaired) electrons. The summed E-state index contributed by atoms with van der Waals surface area (Å²) in [4.78, 5) is 0. The standard InChI is InChI=1S/C36H62O31/c37-1-7-13(39)20(46)26(52)32(62-7)58-4-10-16(42)22(48)28(54)34(64-10)59-5-12-18(44)24(50)30(67-35-29(55)21(47)14(40)8(2-38)63-35)36(66-12)60-6-11-17(43)23(49)27(53)33(65-11)57-3-9-15(41)19(45)25(51)31(56)61-9/h7-56H,1-6H2/t7-,8-,9-,10-,11-,12-,13-,14-,15-,16-,17-,18-,19+,20+,21+,22+,23+,24+,25+,26+,27+,28+,29+,30+,31+,32+,33+,34+,35-,36+/m1/s1. The Bertz CT molecular complexity index is 1510. The summed E-state index contributed by atoms with van der Waals surface area (Å²) < 4.78 is 60.6. The Hall–Kier alpha value is -1.24. The first kappa shape index (κ1) is 55.1. The summed E-state index contributed by atoms with van der Waals surface area (Å²) in [5.41, 5.74) is 0. The highest BCUT2D eigenvalue weighted by molar-refractivity contribution is 4.97. The Labute approximate surface area is 378 Å². The van der Waals surface area contributed by atoms with Crippen LogP contribution in [-0.2, 0) is 52.1 Å². The van der Waals surface area contributed by atoms with Crippen molar-refractivity contribution in [3.63, 3.8) is 0 Å². The van der Waals surface area contributed by atoms with Crippen molar-refractivity contribution < 1.29 is 154 Å². The zero-order chi connectivity index (χ0) is 49.3. The number of rotatable bonds is 16. The van der Waals surface area contributed by atoms with Crippen LogP contribution in [0.3, 0.4) is 0 Å². The fourth-order valence-electron chi connectivity index (χ4n) is 8.07. The van der Waals surface area contributed by atoms with Crippen LogP contribution in [0.5, 0.6) is 0 Å². The summed E-state index contributed by atoms with van der Waals surface area (Å²) in [5.74, 6) is 0. The maximum absolute atomic E-state index is 11.4. The lowest BCUT2D eigenvalue weighted by atomic mass is 9.97. The second kappa shape index (κ2) is 23.5. The third-order valence-corrected chi connectivity index (χ3v) is 12.4. The fraction of sp³-hybridized carbons (Fsp3) is 1.00. The summed E-state index contributed by atoms with van der Waals surface area (Å²) >= 11 is 0. The van der Waals surface area contributed by atoms with E-state index in [9.17, 15) is 102 Å². The molecule has 31 nitrogen and oxygen atoms in total. The number of hydrogen-bond donors (Lipinski definition) is 20. The van der Waals surface area contributed by atoms with Crippen LogP contribution in [0.1, 0.15) is 0 Å². The predicted molar refractivity (Wildman–Crippen MR) is 199 cm³/mol. The van der Waals surface area contributed by atoms with Gasteiger partial charge in [-0.3, -0.25) is 0 Å². The van der Waals surface area contributed by atoms with Gasteiger partial charge in [0.25, 0.3) is 0 Å². The summed E-state index contributed by atoms with van der Waals surface area (Å²) in [6.45, 7) is -4.91. The second-order valence-electron chi connectivity index (χ2n) is 16.9. The molecule has 6 fully saturated rings. The lowest BCUT2D eigenvalue weighted by Crippen LogP contribution is -2.65. The molecule has 6 aliphatic heterocycles. The second-order valence-corrected chi connectivity index (χ2v) is 16.9. The van der Waals surface area contributed by atoms with Crippen LogP contribution < -0.4 is 0 Å². The fourth-order valence-corrected chi connectivity index (χ4v) is 8.07. The van der Waals surface area contributed by atoms with Crippen molar-refractivity contribution in [2.45, 2.75) is 184 Å². The summed E-state index contributed by atoms with van der Waals surface area (Å²) in [6, 6.07) is 0. The smallest absolute Gasteiger partial charge is 0.187 e. The maximum Gasteiger partial charge on any atom is 0.187 e. The van der Waals surface area contributed by atoms with Gasteiger partial charge in [0.05, 0.1) is 39.6 Å². The molecule has 67 heavy (non-hydrogen) atoms. The van der Waals surface area contributed by atoms with Crippen LogP contribution in [0.25, 0.3) is 0 Å². The van der Waals surface area contributed by atoms with Gasteiger partial charge in [0.15, 0.2) is 37.7 Å². The van der Waals surface area contributed by atoms with Gasteiger partial charge in [0.2, 0.25) is 0 Å². The first-order valence-electron chi connectivity index (χ1n) is 21.1. The largest absolute Gasteiger partial charge is 0.394 e. The zero-order valence-electron chi connectivity index (χ0n) is 35.0. The average molecular weight is 991 g/mol. The third kappa shape index (κ3) is 11.8. The van der Waals surface area contributed by atoms with E-state index in [-0.39, 0.29) is 0 Å². The van der Waals surface area contributed by atoms with E-state index >= 15 is 0 Å². The van der Waals surface area contributed by atoms with Crippen LogP contribution in [0, 0.1) is 0 Å². The number of hydrogen-bond acceptors (Lipinski definition) is 31. The van der Waals surface area contributed by atoms with Crippen molar-refractivity contribution in [2.75, 3.05) is 39.6 Å². The number of ether oxygens (including phenoxy) is 11. The molecule has 392 valence electrons. The third-order valence-electron chi connectivity index (χ3n) is 12.4. The van der Waals surface area contributed by atoms with Gasteiger partial charge in [-0.2, -0.15) is 0 Å². The van der Waals surface area contributed by atoms with Crippen molar-refractivity contribution in [2.24, 2.45) is 0 Å². The molecule has 0 bridgehead atoms. The van der Waals surface area contributed by atoms with Crippen LogP contribution >= 0.6 is 0 Å². The van der Waals surface area contributed by atoms with E-state index in [2.05, 4.69) is 0 Å². The highest BCUT2D eigenvalue weighted by Crippen LogP contribution is 2.33. The molecule has 0 aromatic heterocycles. The molecule has 0 amide bonds. The first-order chi connectivity index (χ1) is 31.6. The molecular weight excluding hydrogens is 928 g/mol. The zero-order valence-corrected chi connectivity index (χ0v) is 35.0. The van der Waals surface area contributed by atoms with E-state index in [1.54, 1.807) is 0 Å². The van der Waals surface area contributed by atoms with Crippen molar-refractivity contribution in [3.05, 3.63) is 0 Å². The first-order valence-corrected chi connectivity index (χ1v) is 21.1. The normalized spacial score (nSPS) is 53.4. The lowest BCUT2D eigenvalue weighted by molar-refractivity contribution is -0.378.